The van der Waals surface area contributed by atoms with Crippen LogP contribution in [0.5, 0.6) is 0 Å². The average Bonchev–Trinajstić information content (AvgIpc) is 2.51. The number of aryl methyl sites for hydroxylation is 3. The quantitative estimate of drug-likeness (QED) is 0.579. The van der Waals surface area contributed by atoms with Gasteiger partial charge in [-0.15, -0.1) is 0 Å². The number of esters is 1. The van der Waals surface area contributed by atoms with Crippen LogP contribution in [0.4, 0.5) is 0 Å². The molecule has 1 unspecified atom stereocenters. The fourth-order valence-electron chi connectivity index (χ4n) is 2.75. The van der Waals surface area contributed by atoms with Crippen molar-refractivity contribution < 1.29 is 22.1 Å². The van der Waals surface area contributed by atoms with Gasteiger partial charge in [0.2, 0.25) is 6.10 Å². The van der Waals surface area contributed by atoms with Gasteiger partial charge in [-0.1, -0.05) is 47.5 Å². The van der Waals surface area contributed by atoms with Crippen LogP contribution in [0.15, 0.2) is 41.3 Å². The Morgan fingerprint density at radius 2 is 1.64 bits per heavy atom. The first kappa shape index (κ1) is 19.4. The summed E-state index contributed by atoms with van der Waals surface area (Å²) in [6, 6.07) is 9.86. The molecular weight excluding hydrogens is 364 g/mol. The predicted molar refractivity (Wildman–Crippen MR) is 95.1 cm³/mol. The second kappa shape index (κ2) is 7.56. The lowest BCUT2D eigenvalue weighted by Gasteiger charge is -2.19. The van der Waals surface area contributed by atoms with E-state index >= 15 is 0 Å². The Kier molecular flexibility index (Phi) is 5.87. The molecule has 0 aliphatic rings. The van der Waals surface area contributed by atoms with Crippen molar-refractivity contribution in [3.63, 3.8) is 0 Å². The molecule has 1 atom stereocenters. The molecule has 0 N–H and O–H groups in total. The van der Waals surface area contributed by atoms with Crippen molar-refractivity contribution in [3.05, 3.63) is 63.7 Å². The molecule has 0 saturated heterocycles. The normalized spacial score (nSPS) is 12.7. The first-order valence-corrected chi connectivity index (χ1v) is 9.29. The standard InChI is InChI=1S/C18H19ClO5S/c1-11-9-12(2)17(13(3)10-11)25(21,22)24-16(18(20)23-4)14-7-5-6-8-15(14)19/h5-10,16H,1-4H3. The van der Waals surface area contributed by atoms with Gasteiger partial charge in [0.15, 0.2) is 0 Å². The van der Waals surface area contributed by atoms with Crippen LogP contribution in [0.3, 0.4) is 0 Å². The van der Waals surface area contributed by atoms with Gasteiger partial charge in [0.1, 0.15) is 0 Å². The van der Waals surface area contributed by atoms with Crippen molar-refractivity contribution in [2.45, 2.75) is 31.8 Å². The zero-order chi connectivity index (χ0) is 18.8. The van der Waals surface area contributed by atoms with Crippen LogP contribution >= 0.6 is 11.6 Å². The predicted octanol–water partition coefficient (Wildman–Crippen LogP) is 3.88. The van der Waals surface area contributed by atoms with E-state index in [4.69, 9.17) is 20.5 Å². The second-order valence-corrected chi connectivity index (χ2v) is 7.62. The molecule has 0 radical (unpaired) electrons. The highest BCUT2D eigenvalue weighted by atomic mass is 35.5. The van der Waals surface area contributed by atoms with Crippen LogP contribution in [0, 0.1) is 20.8 Å². The number of benzene rings is 2. The molecule has 2 aromatic rings. The third kappa shape index (κ3) is 4.21. The maximum atomic E-state index is 12.8. The number of hydrogen-bond donors (Lipinski definition) is 0. The number of carbonyl (C=O) groups is 1. The molecule has 134 valence electrons. The Balaban J connectivity index is 2.52. The van der Waals surface area contributed by atoms with E-state index in [1.807, 2.05) is 6.92 Å². The highest BCUT2D eigenvalue weighted by Gasteiger charge is 2.33. The molecule has 0 saturated carbocycles. The number of hydrogen-bond acceptors (Lipinski definition) is 5. The Morgan fingerprint density at radius 3 is 2.16 bits per heavy atom. The second-order valence-electron chi connectivity index (χ2n) is 5.70. The number of ether oxygens (including phenoxy) is 1. The molecule has 0 spiro atoms. The smallest absolute Gasteiger partial charge is 0.341 e. The molecule has 0 bridgehead atoms. The highest BCUT2D eigenvalue weighted by molar-refractivity contribution is 7.86. The number of rotatable bonds is 5. The van der Waals surface area contributed by atoms with Gasteiger partial charge in [-0.05, 0) is 38.0 Å². The van der Waals surface area contributed by atoms with Gasteiger partial charge < -0.3 is 4.74 Å². The van der Waals surface area contributed by atoms with Crippen LogP contribution in [0.2, 0.25) is 5.02 Å². The summed E-state index contributed by atoms with van der Waals surface area (Å²) in [6.45, 7) is 5.23. The van der Waals surface area contributed by atoms with Crippen LogP contribution in [0.25, 0.3) is 0 Å². The Morgan fingerprint density at radius 1 is 1.08 bits per heavy atom. The summed E-state index contributed by atoms with van der Waals surface area (Å²) in [4.78, 5) is 12.2. The zero-order valence-electron chi connectivity index (χ0n) is 14.4. The fraction of sp³-hybridized carbons (Fsp3) is 0.278. The molecular formula is C18H19ClO5S. The van der Waals surface area contributed by atoms with Crippen LogP contribution in [-0.2, 0) is 23.8 Å². The lowest BCUT2D eigenvalue weighted by atomic mass is 10.1. The molecule has 0 fully saturated rings. The topological polar surface area (TPSA) is 69.7 Å². The van der Waals surface area contributed by atoms with E-state index in [1.165, 1.54) is 6.07 Å². The monoisotopic (exact) mass is 382 g/mol. The van der Waals surface area contributed by atoms with E-state index in [1.54, 1.807) is 44.2 Å². The number of halogens is 1. The lowest BCUT2D eigenvalue weighted by Crippen LogP contribution is -2.22. The van der Waals surface area contributed by atoms with E-state index in [0.717, 1.165) is 12.7 Å². The van der Waals surface area contributed by atoms with E-state index in [0.29, 0.717) is 11.1 Å². The molecule has 0 aliphatic carbocycles. The van der Waals surface area contributed by atoms with Crippen molar-refractivity contribution in [1.29, 1.82) is 0 Å². The van der Waals surface area contributed by atoms with Gasteiger partial charge in [-0.25, -0.2) is 8.98 Å². The van der Waals surface area contributed by atoms with Crippen molar-refractivity contribution in [2.24, 2.45) is 0 Å². The maximum Gasteiger partial charge on any atom is 0.341 e. The van der Waals surface area contributed by atoms with E-state index in [2.05, 4.69) is 0 Å². The van der Waals surface area contributed by atoms with Gasteiger partial charge >= 0.3 is 5.97 Å². The molecule has 0 heterocycles. The molecule has 7 heteroatoms. The van der Waals surface area contributed by atoms with Gasteiger partial charge in [0.05, 0.1) is 12.0 Å². The molecule has 0 amide bonds. The van der Waals surface area contributed by atoms with Gasteiger partial charge in [0, 0.05) is 10.6 Å². The zero-order valence-corrected chi connectivity index (χ0v) is 15.9. The minimum atomic E-state index is -4.22. The first-order valence-electron chi connectivity index (χ1n) is 7.50. The summed E-state index contributed by atoms with van der Waals surface area (Å²) in [5.41, 5.74) is 2.24. The average molecular weight is 383 g/mol. The van der Waals surface area contributed by atoms with Crippen LogP contribution in [-0.4, -0.2) is 21.5 Å². The minimum absolute atomic E-state index is 0.0408. The van der Waals surface area contributed by atoms with E-state index in [-0.39, 0.29) is 15.5 Å². The molecule has 0 aromatic heterocycles. The van der Waals surface area contributed by atoms with Crippen LogP contribution in [0.1, 0.15) is 28.4 Å². The third-order valence-electron chi connectivity index (χ3n) is 3.68. The van der Waals surface area contributed by atoms with Gasteiger partial charge in [0.25, 0.3) is 10.1 Å². The Bertz CT molecular complexity index is 882. The summed E-state index contributed by atoms with van der Waals surface area (Å²) in [5, 5.41) is 0.213. The van der Waals surface area contributed by atoms with Crippen molar-refractivity contribution in [1.82, 2.24) is 0 Å². The SMILES string of the molecule is COC(=O)C(OS(=O)(=O)c1c(C)cc(C)cc1C)c1ccccc1Cl. The first-order chi connectivity index (χ1) is 11.7. The number of methoxy groups -OCH3 is 1. The Hall–Kier alpha value is -1.89. The van der Waals surface area contributed by atoms with Gasteiger partial charge in [-0.2, -0.15) is 8.42 Å². The van der Waals surface area contributed by atoms with Crippen molar-refractivity contribution >= 4 is 27.7 Å². The minimum Gasteiger partial charge on any atom is -0.467 e. The highest BCUT2D eigenvalue weighted by Crippen LogP contribution is 2.32. The maximum absolute atomic E-state index is 12.8. The summed E-state index contributed by atoms with van der Waals surface area (Å²) < 4.78 is 35.6. The Labute approximate surface area is 152 Å². The van der Waals surface area contributed by atoms with Crippen molar-refractivity contribution in [2.75, 3.05) is 7.11 Å². The fourth-order valence-corrected chi connectivity index (χ4v) is 4.42. The molecule has 2 rings (SSSR count). The van der Waals surface area contributed by atoms with Crippen molar-refractivity contribution in [3.8, 4) is 0 Å². The summed E-state index contributed by atoms with van der Waals surface area (Å²) in [7, 11) is -3.06. The molecule has 25 heavy (non-hydrogen) atoms. The van der Waals surface area contributed by atoms with E-state index in [9.17, 15) is 13.2 Å². The molecule has 5 nitrogen and oxygen atoms in total. The van der Waals surface area contributed by atoms with E-state index < -0.39 is 22.2 Å². The lowest BCUT2D eigenvalue weighted by molar-refractivity contribution is -0.149. The van der Waals surface area contributed by atoms with Crippen LogP contribution < -0.4 is 0 Å². The molecule has 0 aliphatic heterocycles. The summed E-state index contributed by atoms with van der Waals surface area (Å²) >= 11 is 6.10. The summed E-state index contributed by atoms with van der Waals surface area (Å²) in [6.07, 6.45) is -1.48. The summed E-state index contributed by atoms with van der Waals surface area (Å²) in [5.74, 6) is -0.848. The largest absolute Gasteiger partial charge is 0.467 e. The molecule has 2 aromatic carbocycles. The third-order valence-corrected chi connectivity index (χ3v) is 5.61. The number of carbonyl (C=O) groups excluding carboxylic acids is 1. The van der Waals surface area contributed by atoms with Gasteiger partial charge in [-0.3, -0.25) is 0 Å².